The van der Waals surface area contributed by atoms with Crippen LogP contribution in [0.25, 0.3) is 0 Å². The van der Waals surface area contributed by atoms with Crippen LogP contribution in [0.4, 0.5) is 5.69 Å². The molecule has 0 amide bonds. The topological polar surface area (TPSA) is 78.8 Å². The highest BCUT2D eigenvalue weighted by atomic mass is 16.5. The van der Waals surface area contributed by atoms with Crippen LogP contribution in [0.1, 0.15) is 24.2 Å². The Morgan fingerprint density at radius 1 is 1.41 bits per heavy atom. The van der Waals surface area contributed by atoms with E-state index in [0.717, 1.165) is 0 Å². The Bertz CT molecular complexity index is 415. The van der Waals surface area contributed by atoms with Crippen molar-refractivity contribution < 1.29 is 19.7 Å². The summed E-state index contributed by atoms with van der Waals surface area (Å²) >= 11 is 0. The number of aromatic hydroxyl groups is 2. The Balaban J connectivity index is 3.02. The van der Waals surface area contributed by atoms with Crippen molar-refractivity contribution in [3.8, 4) is 11.5 Å². The highest BCUT2D eigenvalue weighted by Crippen LogP contribution is 2.34. The lowest BCUT2D eigenvalue weighted by atomic mass is 10.1. The smallest absolute Gasteiger partial charge is 0.338 e. The number of esters is 1. The minimum absolute atomic E-state index is 0.189. The molecule has 0 aliphatic heterocycles. The number of anilines is 1. The Labute approximate surface area is 100 Å². The van der Waals surface area contributed by atoms with Gasteiger partial charge in [-0.3, -0.25) is 0 Å². The largest absolute Gasteiger partial charge is 0.504 e. The molecular weight excluding hydrogens is 222 g/mol. The summed E-state index contributed by atoms with van der Waals surface area (Å²) in [6.07, 6.45) is 0. The lowest BCUT2D eigenvalue weighted by Crippen LogP contribution is -2.09. The lowest BCUT2D eigenvalue weighted by molar-refractivity contribution is 0.0600. The maximum absolute atomic E-state index is 11.3. The van der Waals surface area contributed by atoms with E-state index in [1.807, 2.05) is 13.8 Å². The molecule has 17 heavy (non-hydrogen) atoms. The summed E-state index contributed by atoms with van der Waals surface area (Å²) in [6, 6.07) is 2.62. The van der Waals surface area contributed by atoms with Gasteiger partial charge in [0.05, 0.1) is 18.4 Å². The number of nitrogens with one attached hydrogen (secondary N) is 1. The van der Waals surface area contributed by atoms with E-state index in [0.29, 0.717) is 18.2 Å². The third kappa shape index (κ3) is 3.27. The van der Waals surface area contributed by atoms with Crippen LogP contribution in [-0.4, -0.2) is 29.8 Å². The van der Waals surface area contributed by atoms with Gasteiger partial charge in [0.15, 0.2) is 11.5 Å². The number of methoxy groups -OCH3 is 1. The van der Waals surface area contributed by atoms with Crippen molar-refractivity contribution >= 4 is 11.7 Å². The van der Waals surface area contributed by atoms with E-state index in [2.05, 4.69) is 10.1 Å². The molecule has 3 N–H and O–H groups in total. The Kier molecular flexibility index (Phi) is 4.20. The van der Waals surface area contributed by atoms with Gasteiger partial charge in [-0.2, -0.15) is 0 Å². The van der Waals surface area contributed by atoms with Crippen LogP contribution in [0.3, 0.4) is 0 Å². The fraction of sp³-hybridized carbons (Fsp3) is 0.417. The molecule has 5 heteroatoms. The maximum Gasteiger partial charge on any atom is 0.338 e. The molecular formula is C12H17NO4. The highest BCUT2D eigenvalue weighted by molar-refractivity contribution is 5.92. The number of carbonyl (C=O) groups excluding carboxylic acids is 1. The van der Waals surface area contributed by atoms with Crippen molar-refractivity contribution in [2.45, 2.75) is 13.8 Å². The first kappa shape index (κ1) is 13.2. The van der Waals surface area contributed by atoms with Crippen molar-refractivity contribution in [3.05, 3.63) is 17.7 Å². The summed E-state index contributed by atoms with van der Waals surface area (Å²) in [5.74, 6) is -0.802. The van der Waals surface area contributed by atoms with E-state index < -0.39 is 5.97 Å². The van der Waals surface area contributed by atoms with E-state index in [1.165, 1.54) is 19.2 Å². The van der Waals surface area contributed by atoms with Gasteiger partial charge in [0.2, 0.25) is 0 Å². The molecule has 0 bridgehead atoms. The molecule has 0 aliphatic carbocycles. The van der Waals surface area contributed by atoms with Crippen LogP contribution in [0.15, 0.2) is 12.1 Å². The molecule has 0 aromatic heterocycles. The summed E-state index contributed by atoms with van der Waals surface area (Å²) in [5.41, 5.74) is 0.508. The van der Waals surface area contributed by atoms with Crippen molar-refractivity contribution in [2.24, 2.45) is 5.92 Å². The number of phenolic OH excluding ortho intramolecular Hbond substituents is 2. The summed E-state index contributed by atoms with van der Waals surface area (Å²) in [4.78, 5) is 11.3. The van der Waals surface area contributed by atoms with Gasteiger partial charge in [0.1, 0.15) is 0 Å². The number of carbonyl (C=O) groups is 1. The first-order valence-corrected chi connectivity index (χ1v) is 5.33. The van der Waals surface area contributed by atoms with Crippen LogP contribution < -0.4 is 5.32 Å². The van der Waals surface area contributed by atoms with E-state index in [4.69, 9.17) is 0 Å². The van der Waals surface area contributed by atoms with Gasteiger partial charge >= 0.3 is 5.97 Å². The summed E-state index contributed by atoms with van der Waals surface area (Å²) in [6.45, 7) is 4.64. The molecule has 1 rings (SSSR count). The van der Waals surface area contributed by atoms with E-state index in [9.17, 15) is 15.0 Å². The maximum atomic E-state index is 11.3. The van der Waals surface area contributed by atoms with Gasteiger partial charge in [-0.25, -0.2) is 4.79 Å². The third-order valence-corrected chi connectivity index (χ3v) is 2.21. The fourth-order valence-electron chi connectivity index (χ4n) is 1.30. The zero-order valence-corrected chi connectivity index (χ0v) is 10.2. The van der Waals surface area contributed by atoms with Crippen LogP contribution in [-0.2, 0) is 4.74 Å². The monoisotopic (exact) mass is 239 g/mol. The van der Waals surface area contributed by atoms with E-state index in [1.54, 1.807) is 0 Å². The van der Waals surface area contributed by atoms with Gasteiger partial charge < -0.3 is 20.3 Å². The second kappa shape index (κ2) is 5.43. The van der Waals surface area contributed by atoms with Crippen LogP contribution in [0.2, 0.25) is 0 Å². The van der Waals surface area contributed by atoms with Crippen molar-refractivity contribution in [1.82, 2.24) is 0 Å². The van der Waals surface area contributed by atoms with Gasteiger partial charge in [-0.15, -0.1) is 0 Å². The number of ether oxygens (including phenoxy) is 1. The molecule has 0 unspecified atom stereocenters. The Morgan fingerprint density at radius 2 is 2.06 bits per heavy atom. The Hall–Kier alpha value is -1.91. The van der Waals surface area contributed by atoms with Gasteiger partial charge in [0, 0.05) is 6.54 Å². The molecule has 0 radical (unpaired) electrons. The van der Waals surface area contributed by atoms with Crippen molar-refractivity contribution in [2.75, 3.05) is 19.0 Å². The van der Waals surface area contributed by atoms with Crippen molar-refractivity contribution in [3.63, 3.8) is 0 Å². The van der Waals surface area contributed by atoms with Crippen LogP contribution in [0, 0.1) is 5.92 Å². The van der Waals surface area contributed by atoms with Gasteiger partial charge in [-0.1, -0.05) is 13.8 Å². The highest BCUT2D eigenvalue weighted by Gasteiger charge is 2.14. The molecule has 1 aromatic rings. The molecule has 0 atom stereocenters. The standard InChI is InChI=1S/C12H17NO4/c1-7(2)6-13-9-4-8(12(16)17-3)5-10(14)11(9)15/h4-5,7,13-15H,6H2,1-3H3. The van der Waals surface area contributed by atoms with E-state index in [-0.39, 0.29) is 17.1 Å². The number of hydrogen-bond acceptors (Lipinski definition) is 5. The first-order chi connectivity index (χ1) is 7.95. The molecule has 0 aliphatic rings. The predicted octanol–water partition coefficient (Wildman–Crippen LogP) is 1.95. The zero-order chi connectivity index (χ0) is 13.0. The van der Waals surface area contributed by atoms with Crippen molar-refractivity contribution in [1.29, 1.82) is 0 Å². The minimum Gasteiger partial charge on any atom is -0.504 e. The van der Waals surface area contributed by atoms with Gasteiger partial charge in [-0.05, 0) is 18.1 Å². The second-order valence-corrected chi connectivity index (χ2v) is 4.16. The normalized spacial score (nSPS) is 10.4. The average Bonchev–Trinajstić information content (AvgIpc) is 2.29. The number of rotatable bonds is 4. The molecule has 94 valence electrons. The summed E-state index contributed by atoms with van der Waals surface area (Å²) in [7, 11) is 1.26. The van der Waals surface area contributed by atoms with E-state index >= 15 is 0 Å². The first-order valence-electron chi connectivity index (χ1n) is 5.33. The predicted molar refractivity (Wildman–Crippen MR) is 64.4 cm³/mol. The number of phenols is 2. The molecule has 0 saturated carbocycles. The quantitative estimate of drug-likeness (QED) is 0.553. The second-order valence-electron chi connectivity index (χ2n) is 4.16. The minimum atomic E-state index is -0.562. The fourth-order valence-corrected chi connectivity index (χ4v) is 1.30. The molecule has 1 aromatic carbocycles. The molecule has 0 fully saturated rings. The van der Waals surface area contributed by atoms with Crippen LogP contribution in [0.5, 0.6) is 11.5 Å². The third-order valence-electron chi connectivity index (χ3n) is 2.21. The summed E-state index contributed by atoms with van der Waals surface area (Å²) in [5, 5.41) is 22.1. The Morgan fingerprint density at radius 3 is 2.59 bits per heavy atom. The number of benzene rings is 1. The van der Waals surface area contributed by atoms with Gasteiger partial charge in [0.25, 0.3) is 0 Å². The molecule has 0 heterocycles. The van der Waals surface area contributed by atoms with Crippen LogP contribution >= 0.6 is 0 Å². The molecule has 0 saturated heterocycles. The number of hydrogen-bond donors (Lipinski definition) is 3. The molecule has 5 nitrogen and oxygen atoms in total. The summed E-state index contributed by atoms with van der Waals surface area (Å²) < 4.78 is 4.55. The lowest BCUT2D eigenvalue weighted by Gasteiger charge is -2.12. The average molecular weight is 239 g/mol. The molecule has 0 spiro atoms. The SMILES string of the molecule is COC(=O)c1cc(O)c(O)c(NCC(C)C)c1. The zero-order valence-electron chi connectivity index (χ0n) is 10.2.